The molecule has 0 saturated carbocycles. The number of alkyl halides is 3. The molecule has 1 aliphatic heterocycles. The van der Waals surface area contributed by atoms with Crippen molar-refractivity contribution in [2.45, 2.75) is 64.4 Å². The number of nitrogens with zero attached hydrogens (tertiary/aromatic N) is 1. The van der Waals surface area contributed by atoms with Gasteiger partial charge in [-0.1, -0.05) is 78.8 Å². The number of rotatable bonds is 2. The average Bonchev–Trinajstić information content (AvgIpc) is 3.21. The number of aryl methyl sites for hydroxylation is 1. The molecule has 0 atom stereocenters. The second-order valence-electron chi connectivity index (χ2n) is 13.7. The van der Waals surface area contributed by atoms with Crippen molar-refractivity contribution in [3.63, 3.8) is 0 Å². The SMILES string of the molecule is CC(C)(C)C(=O)/C=C(\O)C(C)(C)C.Cc1cc[c-]c(-c2nccc3c2ccc2c4c(ccc23)-c2ccc(C(F)(F)F)cc2S4(=O)=O)c1.[Ir]. The number of ketones is 1. The molecule has 0 bridgehead atoms. The van der Waals surface area contributed by atoms with Crippen LogP contribution in [0.5, 0.6) is 0 Å². The maximum absolute atomic E-state index is 13.4. The molecule has 5 nitrogen and oxygen atoms in total. The summed E-state index contributed by atoms with van der Waals surface area (Å²) in [6.07, 6.45) is -1.63. The van der Waals surface area contributed by atoms with Crippen molar-refractivity contribution >= 4 is 37.2 Å². The van der Waals surface area contributed by atoms with Gasteiger partial charge in [0.05, 0.1) is 15.4 Å². The third kappa shape index (κ3) is 6.98. The van der Waals surface area contributed by atoms with Crippen LogP contribution in [0.4, 0.5) is 13.2 Å². The van der Waals surface area contributed by atoms with Crippen molar-refractivity contribution in [3.8, 4) is 22.4 Å². The van der Waals surface area contributed by atoms with E-state index in [9.17, 15) is 31.5 Å². The normalized spacial score (nSPS) is 14.1. The molecule has 0 aliphatic carbocycles. The molecule has 6 rings (SSSR count). The van der Waals surface area contributed by atoms with E-state index in [1.54, 1.807) is 18.3 Å². The van der Waals surface area contributed by atoms with Gasteiger partial charge in [-0.05, 0) is 40.1 Å². The van der Waals surface area contributed by atoms with E-state index in [2.05, 4.69) is 11.1 Å². The summed E-state index contributed by atoms with van der Waals surface area (Å²) in [5.74, 6) is 0.104. The smallest absolute Gasteiger partial charge is 0.416 e. The van der Waals surface area contributed by atoms with Gasteiger partial charge in [0, 0.05) is 59.7 Å². The zero-order chi connectivity index (χ0) is 34.7. The second-order valence-corrected chi connectivity index (χ2v) is 15.6. The number of hydrogen-bond acceptors (Lipinski definition) is 5. The summed E-state index contributed by atoms with van der Waals surface area (Å²) in [7, 11) is -4.13. The number of hydrogen-bond donors (Lipinski definition) is 1. The summed E-state index contributed by atoms with van der Waals surface area (Å²) in [6.45, 7) is 13.1. The van der Waals surface area contributed by atoms with E-state index < -0.39 is 27.0 Å². The van der Waals surface area contributed by atoms with E-state index in [-0.39, 0.29) is 52.4 Å². The molecule has 1 aliphatic rings. The van der Waals surface area contributed by atoms with E-state index in [0.29, 0.717) is 16.3 Å². The number of benzene rings is 4. The predicted octanol–water partition coefficient (Wildman–Crippen LogP) is 10.1. The first-order valence-corrected chi connectivity index (χ1v) is 16.4. The van der Waals surface area contributed by atoms with Gasteiger partial charge in [0.2, 0.25) is 9.84 Å². The first kappa shape index (κ1) is 37.0. The molecule has 1 N–H and O–H groups in total. The van der Waals surface area contributed by atoms with E-state index in [1.807, 2.05) is 84.9 Å². The number of aliphatic hydroxyl groups is 1. The molecule has 5 aromatic rings. The van der Waals surface area contributed by atoms with E-state index in [1.165, 1.54) is 12.1 Å². The Labute approximate surface area is 292 Å². The van der Waals surface area contributed by atoms with Gasteiger partial charge in [0.15, 0.2) is 5.78 Å². The monoisotopic (exact) mass is 851 g/mol. The van der Waals surface area contributed by atoms with Crippen LogP contribution in [0.2, 0.25) is 0 Å². The summed E-state index contributed by atoms with van der Waals surface area (Å²) >= 11 is 0. The Kier molecular flexibility index (Phi) is 9.92. The van der Waals surface area contributed by atoms with Gasteiger partial charge in [0.25, 0.3) is 0 Å². The van der Waals surface area contributed by atoms with Gasteiger partial charge < -0.3 is 10.1 Å². The third-order valence-electron chi connectivity index (χ3n) is 8.04. The molecule has 0 spiro atoms. The summed E-state index contributed by atoms with van der Waals surface area (Å²) in [4.78, 5) is 15.8. The predicted molar refractivity (Wildman–Crippen MR) is 179 cm³/mol. The fourth-order valence-corrected chi connectivity index (χ4v) is 7.19. The van der Waals surface area contributed by atoms with Crippen molar-refractivity contribution in [1.82, 2.24) is 4.98 Å². The van der Waals surface area contributed by atoms with Gasteiger partial charge in [-0.3, -0.25) is 4.79 Å². The average molecular weight is 851 g/mol. The molecule has 48 heavy (non-hydrogen) atoms. The van der Waals surface area contributed by atoms with Gasteiger partial charge in [-0.2, -0.15) is 13.2 Å². The maximum Gasteiger partial charge on any atom is 0.416 e. The number of allylic oxidation sites excluding steroid dienone is 2. The summed E-state index contributed by atoms with van der Waals surface area (Å²) in [5.41, 5.74) is 1.57. The quantitative estimate of drug-likeness (QED) is 0.0812. The van der Waals surface area contributed by atoms with E-state index >= 15 is 0 Å². The number of fused-ring (bicyclic) bond motifs is 7. The van der Waals surface area contributed by atoms with Crippen LogP contribution in [0, 0.1) is 23.8 Å². The Bertz CT molecular complexity index is 2210. The van der Waals surface area contributed by atoms with Gasteiger partial charge in [0.1, 0.15) is 5.76 Å². The molecule has 0 fully saturated rings. The number of carbonyl (C=O) groups excluding carboxylic acids is 1. The maximum atomic E-state index is 13.4. The number of pyridine rings is 1. The molecule has 10 heteroatoms. The molecule has 2 heterocycles. The first-order chi connectivity index (χ1) is 21.7. The minimum Gasteiger partial charge on any atom is -0.512 e. The number of sulfone groups is 1. The molecule has 4 aromatic carbocycles. The molecule has 1 aromatic heterocycles. The Balaban J connectivity index is 0.000000319. The Hall–Kier alpha value is -3.85. The first-order valence-electron chi connectivity index (χ1n) is 15.0. The Morgan fingerprint density at radius 2 is 1.42 bits per heavy atom. The molecular weight excluding hydrogens is 816 g/mol. The number of aromatic nitrogens is 1. The minimum atomic E-state index is -4.63. The molecular formula is C38H35F3IrNO4S-. The molecule has 1 radical (unpaired) electrons. The van der Waals surface area contributed by atoms with Crippen LogP contribution in [0.3, 0.4) is 0 Å². The van der Waals surface area contributed by atoms with Crippen LogP contribution < -0.4 is 0 Å². The second kappa shape index (κ2) is 12.9. The van der Waals surface area contributed by atoms with Crippen molar-refractivity contribution in [1.29, 1.82) is 0 Å². The zero-order valence-corrected chi connectivity index (χ0v) is 30.7. The molecule has 0 unspecified atom stereocenters. The standard InChI is InChI=1S/C27H15F3NO2S.C11H20O2.Ir/c1-15-3-2-4-16(13-15)25-21-8-10-22-18(19(21)11-12-31-25)7-9-23-20-6-5-17(27(28,29)30)14-24(20)34(32,33)26(22)23;1-10(2,3)8(12)7-9(13)11(4,5)6;/h2-3,5-14H,1H3;7,12H,1-6H3;/q-1;;/b;8-7-;. The summed E-state index contributed by atoms with van der Waals surface area (Å²) in [6, 6.07) is 20.7. The Morgan fingerprint density at radius 1 is 0.812 bits per heavy atom. The number of halogens is 3. The van der Waals surface area contributed by atoms with Gasteiger partial charge in [-0.15, -0.1) is 35.4 Å². The summed E-state index contributed by atoms with van der Waals surface area (Å²) < 4.78 is 66.7. The van der Waals surface area contributed by atoms with Crippen LogP contribution in [-0.4, -0.2) is 24.3 Å². The molecule has 0 saturated heterocycles. The van der Waals surface area contributed by atoms with Gasteiger partial charge in [-0.25, -0.2) is 8.42 Å². The van der Waals surface area contributed by atoms with Crippen LogP contribution in [0.15, 0.2) is 94.6 Å². The fourth-order valence-electron chi connectivity index (χ4n) is 5.29. The number of aliphatic hydroxyl groups excluding tert-OH is 1. The Morgan fingerprint density at radius 3 is 2.02 bits per heavy atom. The molecule has 0 amide bonds. The van der Waals surface area contributed by atoms with Crippen molar-refractivity contribution < 1.29 is 51.6 Å². The fraction of sp³-hybridized carbons (Fsp3) is 0.263. The third-order valence-corrected chi connectivity index (χ3v) is 9.93. The van der Waals surface area contributed by atoms with Gasteiger partial charge >= 0.3 is 6.18 Å². The van der Waals surface area contributed by atoms with Crippen LogP contribution in [-0.2, 0) is 40.9 Å². The number of carbonyl (C=O) groups is 1. The van der Waals surface area contributed by atoms with Crippen molar-refractivity contribution in [2.24, 2.45) is 10.8 Å². The minimum absolute atomic E-state index is 0. The largest absolute Gasteiger partial charge is 0.512 e. The topological polar surface area (TPSA) is 84.3 Å². The van der Waals surface area contributed by atoms with Crippen molar-refractivity contribution in [3.05, 3.63) is 102 Å². The van der Waals surface area contributed by atoms with Crippen LogP contribution >= 0.6 is 0 Å². The van der Waals surface area contributed by atoms with Crippen LogP contribution in [0.25, 0.3) is 43.9 Å². The molecule has 253 valence electrons. The van der Waals surface area contributed by atoms with E-state index in [0.717, 1.165) is 39.7 Å². The van der Waals surface area contributed by atoms with Crippen LogP contribution in [0.1, 0.15) is 52.7 Å². The van der Waals surface area contributed by atoms with Crippen molar-refractivity contribution in [2.75, 3.05) is 0 Å². The zero-order valence-electron chi connectivity index (χ0n) is 27.5. The summed E-state index contributed by atoms with van der Waals surface area (Å²) in [5, 5.41) is 12.4. The van der Waals surface area contributed by atoms with E-state index in [4.69, 9.17) is 0 Å².